The van der Waals surface area contributed by atoms with Gasteiger partial charge in [0.1, 0.15) is 0 Å². The highest BCUT2D eigenvalue weighted by Gasteiger charge is 2.37. The van der Waals surface area contributed by atoms with Crippen LogP contribution in [-0.4, -0.2) is 40.9 Å². The Bertz CT molecular complexity index is 200. The summed E-state index contributed by atoms with van der Waals surface area (Å²) in [5.74, 6) is 2.46. The van der Waals surface area contributed by atoms with E-state index in [1.165, 1.54) is 18.6 Å². The molecule has 1 unspecified atom stereocenters. The minimum atomic E-state index is 0.148. The number of hydrogen-bond donors (Lipinski definition) is 1. The molecule has 2 N–H and O–H groups in total. The smallest absolute Gasteiger partial charge is 0.236 e. The molecule has 1 saturated carbocycles. The summed E-state index contributed by atoms with van der Waals surface area (Å²) in [6.07, 6.45) is 3.53. The summed E-state index contributed by atoms with van der Waals surface area (Å²) in [6.45, 7) is 0.178. The maximum absolute atomic E-state index is 11.6. The lowest BCUT2D eigenvalue weighted by molar-refractivity contribution is -0.132. The van der Waals surface area contributed by atoms with Crippen LogP contribution in [0.4, 0.5) is 0 Å². The highest BCUT2D eigenvalue weighted by atomic mass is 32.2. The van der Waals surface area contributed by atoms with E-state index in [1.54, 1.807) is 0 Å². The van der Waals surface area contributed by atoms with Crippen LogP contribution in [0.25, 0.3) is 0 Å². The monoisotopic (exact) mass is 200 g/mol. The van der Waals surface area contributed by atoms with Crippen LogP contribution in [0, 0.1) is 0 Å². The molecule has 0 radical (unpaired) electrons. The van der Waals surface area contributed by atoms with Gasteiger partial charge in [0.2, 0.25) is 5.91 Å². The molecular weight excluding hydrogens is 184 g/mol. The summed E-state index contributed by atoms with van der Waals surface area (Å²) < 4.78 is 0. The lowest BCUT2D eigenvalue weighted by Crippen LogP contribution is -2.45. The normalized spacial score (nSPS) is 27.6. The molecule has 1 aliphatic heterocycles. The molecular formula is C9H16N2OS. The van der Waals surface area contributed by atoms with Crippen molar-refractivity contribution < 1.29 is 4.79 Å². The van der Waals surface area contributed by atoms with E-state index < -0.39 is 0 Å². The van der Waals surface area contributed by atoms with E-state index in [-0.39, 0.29) is 12.5 Å². The zero-order chi connectivity index (χ0) is 9.26. The molecule has 1 amide bonds. The third kappa shape index (κ3) is 1.99. The van der Waals surface area contributed by atoms with Crippen molar-refractivity contribution in [3.05, 3.63) is 0 Å². The summed E-state index contributed by atoms with van der Waals surface area (Å²) in [7, 11) is 0. The van der Waals surface area contributed by atoms with Gasteiger partial charge in [0.25, 0.3) is 0 Å². The molecule has 0 bridgehead atoms. The van der Waals surface area contributed by atoms with Gasteiger partial charge >= 0.3 is 0 Å². The average molecular weight is 200 g/mol. The van der Waals surface area contributed by atoms with Crippen LogP contribution < -0.4 is 5.73 Å². The maximum Gasteiger partial charge on any atom is 0.236 e. The first-order valence-corrected chi connectivity index (χ1v) is 6.07. The molecule has 3 nitrogen and oxygen atoms in total. The molecule has 1 heterocycles. The summed E-state index contributed by atoms with van der Waals surface area (Å²) in [5.41, 5.74) is 5.41. The molecule has 0 aromatic rings. The molecule has 0 aromatic carbocycles. The average Bonchev–Trinajstić information content (AvgIpc) is 2.81. The van der Waals surface area contributed by atoms with Gasteiger partial charge in [-0.2, -0.15) is 11.8 Å². The topological polar surface area (TPSA) is 46.3 Å². The van der Waals surface area contributed by atoms with Gasteiger partial charge < -0.3 is 10.6 Å². The second-order valence-corrected chi connectivity index (χ2v) is 4.90. The van der Waals surface area contributed by atoms with E-state index in [0.29, 0.717) is 12.1 Å². The number of amides is 1. The first-order chi connectivity index (χ1) is 6.33. The van der Waals surface area contributed by atoms with E-state index in [1.807, 2.05) is 11.8 Å². The molecule has 1 aliphatic carbocycles. The molecule has 4 heteroatoms. The Kier molecular flexibility index (Phi) is 2.79. The molecule has 0 spiro atoms. The predicted molar refractivity (Wildman–Crippen MR) is 54.7 cm³/mol. The Hall–Kier alpha value is -0.220. The van der Waals surface area contributed by atoms with E-state index >= 15 is 0 Å². The fraction of sp³-hybridized carbons (Fsp3) is 0.889. The Morgan fingerprint density at radius 1 is 1.38 bits per heavy atom. The quantitative estimate of drug-likeness (QED) is 0.719. The van der Waals surface area contributed by atoms with Crippen LogP contribution in [0.1, 0.15) is 19.3 Å². The number of hydrogen-bond acceptors (Lipinski definition) is 3. The van der Waals surface area contributed by atoms with Gasteiger partial charge in [0, 0.05) is 17.8 Å². The number of rotatable bonds is 3. The molecule has 1 atom stereocenters. The fourth-order valence-electron chi connectivity index (χ4n) is 1.90. The summed E-state index contributed by atoms with van der Waals surface area (Å²) >= 11 is 1.95. The van der Waals surface area contributed by atoms with Crippen molar-refractivity contribution in [1.29, 1.82) is 0 Å². The van der Waals surface area contributed by atoms with E-state index in [0.717, 1.165) is 12.2 Å². The van der Waals surface area contributed by atoms with Crippen molar-refractivity contribution in [2.24, 2.45) is 5.73 Å². The van der Waals surface area contributed by atoms with Gasteiger partial charge in [0.15, 0.2) is 0 Å². The van der Waals surface area contributed by atoms with Crippen molar-refractivity contribution in [2.75, 3.05) is 18.1 Å². The van der Waals surface area contributed by atoms with E-state index in [4.69, 9.17) is 5.73 Å². The second kappa shape index (κ2) is 3.88. The van der Waals surface area contributed by atoms with Gasteiger partial charge in [-0.05, 0) is 25.0 Å². The summed E-state index contributed by atoms with van der Waals surface area (Å²) in [5, 5.41) is 0. The SMILES string of the molecule is NCC(=O)N(C1CC1)C1CCSC1. The van der Waals surface area contributed by atoms with Crippen LogP contribution in [-0.2, 0) is 4.79 Å². The molecule has 13 heavy (non-hydrogen) atoms. The standard InChI is InChI=1S/C9H16N2OS/c10-5-9(12)11(7-1-2-7)8-3-4-13-6-8/h7-8H,1-6,10H2. The van der Waals surface area contributed by atoms with E-state index in [9.17, 15) is 4.79 Å². The molecule has 1 saturated heterocycles. The minimum Gasteiger partial charge on any atom is -0.335 e. The molecule has 0 aromatic heterocycles. The number of carbonyl (C=O) groups is 1. The lowest BCUT2D eigenvalue weighted by Gasteiger charge is -2.28. The zero-order valence-corrected chi connectivity index (χ0v) is 8.55. The van der Waals surface area contributed by atoms with Gasteiger partial charge in [-0.25, -0.2) is 0 Å². The van der Waals surface area contributed by atoms with Crippen LogP contribution >= 0.6 is 11.8 Å². The van der Waals surface area contributed by atoms with Crippen LogP contribution in [0.2, 0.25) is 0 Å². The summed E-state index contributed by atoms with van der Waals surface area (Å²) in [6, 6.07) is 1.01. The molecule has 2 aliphatic rings. The van der Waals surface area contributed by atoms with Gasteiger partial charge in [-0.15, -0.1) is 0 Å². The highest BCUT2D eigenvalue weighted by Crippen LogP contribution is 2.33. The Morgan fingerprint density at radius 3 is 2.62 bits per heavy atom. The van der Waals surface area contributed by atoms with Crippen molar-refractivity contribution >= 4 is 17.7 Å². The van der Waals surface area contributed by atoms with Crippen LogP contribution in [0.3, 0.4) is 0 Å². The Morgan fingerprint density at radius 2 is 2.15 bits per heavy atom. The van der Waals surface area contributed by atoms with Crippen LogP contribution in [0.5, 0.6) is 0 Å². The van der Waals surface area contributed by atoms with Crippen molar-refractivity contribution in [3.8, 4) is 0 Å². The number of carbonyl (C=O) groups excluding carboxylic acids is 1. The first kappa shape index (κ1) is 9.34. The first-order valence-electron chi connectivity index (χ1n) is 4.92. The third-order valence-corrected chi connectivity index (χ3v) is 3.85. The number of thioether (sulfide) groups is 1. The molecule has 2 fully saturated rings. The van der Waals surface area contributed by atoms with Crippen molar-refractivity contribution in [2.45, 2.75) is 31.3 Å². The lowest BCUT2D eigenvalue weighted by atomic mass is 10.2. The minimum absolute atomic E-state index is 0.148. The van der Waals surface area contributed by atoms with Crippen LogP contribution in [0.15, 0.2) is 0 Å². The zero-order valence-electron chi connectivity index (χ0n) is 7.74. The Labute approximate surface area is 83.0 Å². The number of nitrogens with two attached hydrogens (primary N) is 1. The largest absolute Gasteiger partial charge is 0.335 e. The predicted octanol–water partition coefficient (Wildman–Crippen LogP) is 0.442. The fourth-order valence-corrected chi connectivity index (χ4v) is 3.11. The van der Waals surface area contributed by atoms with Gasteiger partial charge in [-0.1, -0.05) is 0 Å². The molecule has 74 valence electrons. The number of nitrogens with zero attached hydrogens (tertiary/aromatic N) is 1. The van der Waals surface area contributed by atoms with Crippen molar-refractivity contribution in [1.82, 2.24) is 4.90 Å². The van der Waals surface area contributed by atoms with Gasteiger partial charge in [0.05, 0.1) is 6.54 Å². The third-order valence-electron chi connectivity index (χ3n) is 2.70. The van der Waals surface area contributed by atoms with Gasteiger partial charge in [-0.3, -0.25) is 4.79 Å². The van der Waals surface area contributed by atoms with E-state index in [2.05, 4.69) is 4.90 Å². The second-order valence-electron chi connectivity index (χ2n) is 3.75. The maximum atomic E-state index is 11.6. The Balaban J connectivity index is 1.99. The molecule has 2 rings (SSSR count). The summed E-state index contributed by atoms with van der Waals surface area (Å²) in [4.78, 5) is 13.6. The highest BCUT2D eigenvalue weighted by molar-refractivity contribution is 7.99. The van der Waals surface area contributed by atoms with Crippen molar-refractivity contribution in [3.63, 3.8) is 0 Å².